The van der Waals surface area contributed by atoms with Crippen LogP contribution in [0.4, 0.5) is 5.69 Å². The first-order valence-corrected chi connectivity index (χ1v) is 8.82. The zero-order valence-electron chi connectivity index (χ0n) is 15.5. The van der Waals surface area contributed by atoms with Gasteiger partial charge in [0.1, 0.15) is 12.4 Å². The number of amides is 1. The molecule has 1 aromatic heterocycles. The van der Waals surface area contributed by atoms with Crippen LogP contribution in [0.15, 0.2) is 79.1 Å². The third kappa shape index (κ3) is 5.64. The van der Waals surface area contributed by atoms with Gasteiger partial charge in [-0.25, -0.2) is 0 Å². The van der Waals surface area contributed by atoms with E-state index in [0.29, 0.717) is 17.9 Å². The Hall–Kier alpha value is -3.73. The highest BCUT2D eigenvalue weighted by molar-refractivity contribution is 6.03. The van der Waals surface area contributed by atoms with Crippen LogP contribution in [-0.4, -0.2) is 16.7 Å². The van der Waals surface area contributed by atoms with E-state index in [9.17, 15) is 9.59 Å². The molecule has 0 bridgehead atoms. The molecule has 0 unspecified atom stereocenters. The number of ketones is 1. The Labute approximate surface area is 163 Å². The van der Waals surface area contributed by atoms with E-state index in [1.54, 1.807) is 42.7 Å². The molecule has 1 amide bonds. The molecule has 5 nitrogen and oxygen atoms in total. The van der Waals surface area contributed by atoms with E-state index in [-0.39, 0.29) is 11.7 Å². The fourth-order valence-electron chi connectivity index (χ4n) is 2.50. The third-order valence-electron chi connectivity index (χ3n) is 3.97. The van der Waals surface area contributed by atoms with Crippen molar-refractivity contribution in [1.82, 2.24) is 4.98 Å². The van der Waals surface area contributed by atoms with Crippen molar-refractivity contribution in [2.24, 2.45) is 0 Å². The van der Waals surface area contributed by atoms with Gasteiger partial charge in [0, 0.05) is 35.3 Å². The Morgan fingerprint density at radius 2 is 1.89 bits per heavy atom. The number of nitrogens with one attached hydrogen (secondary N) is 1. The first kappa shape index (κ1) is 19.0. The van der Waals surface area contributed by atoms with Crippen LogP contribution in [0, 0.1) is 0 Å². The molecule has 5 heteroatoms. The number of benzene rings is 2. The number of Topliss-reactive ketones (excluding diaryl/α,β-unsaturated/α-hetero) is 1. The van der Waals surface area contributed by atoms with E-state index >= 15 is 0 Å². The van der Waals surface area contributed by atoms with E-state index in [2.05, 4.69) is 10.3 Å². The first-order chi connectivity index (χ1) is 13.6. The molecule has 0 saturated heterocycles. The molecule has 0 radical (unpaired) electrons. The largest absolute Gasteiger partial charge is 0.489 e. The lowest BCUT2D eigenvalue weighted by Gasteiger charge is -2.06. The van der Waals surface area contributed by atoms with Crippen molar-refractivity contribution >= 4 is 23.5 Å². The topological polar surface area (TPSA) is 68.3 Å². The second kappa shape index (κ2) is 9.28. The number of rotatable bonds is 7. The van der Waals surface area contributed by atoms with Gasteiger partial charge in [0.15, 0.2) is 5.78 Å². The summed E-state index contributed by atoms with van der Waals surface area (Å²) in [6.45, 7) is 1.94. The van der Waals surface area contributed by atoms with Crippen LogP contribution < -0.4 is 10.1 Å². The summed E-state index contributed by atoms with van der Waals surface area (Å²) in [7, 11) is 0. The van der Waals surface area contributed by atoms with Gasteiger partial charge in [-0.2, -0.15) is 0 Å². The number of pyridine rings is 1. The summed E-state index contributed by atoms with van der Waals surface area (Å²) in [5.41, 5.74) is 3.02. The average molecular weight is 372 g/mol. The van der Waals surface area contributed by atoms with Crippen molar-refractivity contribution in [3.05, 3.63) is 95.8 Å². The molecule has 0 fully saturated rings. The molecule has 3 rings (SSSR count). The van der Waals surface area contributed by atoms with Gasteiger partial charge in [0.05, 0.1) is 0 Å². The van der Waals surface area contributed by atoms with Crippen molar-refractivity contribution in [3.63, 3.8) is 0 Å². The van der Waals surface area contributed by atoms with Crippen molar-refractivity contribution in [3.8, 4) is 5.75 Å². The number of ether oxygens (including phenoxy) is 1. The molecule has 2 aromatic carbocycles. The molecular weight excluding hydrogens is 352 g/mol. The summed E-state index contributed by atoms with van der Waals surface area (Å²) < 4.78 is 5.71. The maximum absolute atomic E-state index is 12.1. The minimum absolute atomic E-state index is 0.0440. The molecule has 0 aliphatic carbocycles. The van der Waals surface area contributed by atoms with Gasteiger partial charge in [-0.15, -0.1) is 0 Å². The maximum Gasteiger partial charge on any atom is 0.248 e. The molecule has 3 aromatic rings. The summed E-state index contributed by atoms with van der Waals surface area (Å²) in [6.07, 6.45) is 6.66. The Morgan fingerprint density at radius 3 is 2.61 bits per heavy atom. The number of aromatic nitrogens is 1. The van der Waals surface area contributed by atoms with Crippen LogP contribution in [0.2, 0.25) is 0 Å². The van der Waals surface area contributed by atoms with E-state index in [4.69, 9.17) is 4.74 Å². The summed E-state index contributed by atoms with van der Waals surface area (Å²) in [6, 6.07) is 18.1. The minimum Gasteiger partial charge on any atom is -0.489 e. The van der Waals surface area contributed by atoms with E-state index in [1.807, 2.05) is 36.4 Å². The zero-order valence-corrected chi connectivity index (χ0v) is 15.5. The van der Waals surface area contributed by atoms with E-state index in [0.717, 1.165) is 16.9 Å². The predicted octanol–water partition coefficient (Wildman–Crippen LogP) is 4.52. The molecule has 0 aliphatic rings. The lowest BCUT2D eigenvalue weighted by atomic mass is 10.1. The van der Waals surface area contributed by atoms with Gasteiger partial charge < -0.3 is 10.1 Å². The van der Waals surface area contributed by atoms with Gasteiger partial charge in [0.2, 0.25) is 5.91 Å². The SMILES string of the molecule is CC(=O)c1cccc(NC(=O)/C=C/c2ccc(OCc3cccnc3)cc2)c1. The summed E-state index contributed by atoms with van der Waals surface area (Å²) >= 11 is 0. The number of hydrogen-bond donors (Lipinski definition) is 1. The number of nitrogens with zero attached hydrogens (tertiary/aromatic N) is 1. The Bertz CT molecular complexity index is 980. The predicted molar refractivity (Wildman–Crippen MR) is 109 cm³/mol. The molecule has 0 aliphatic heterocycles. The highest BCUT2D eigenvalue weighted by atomic mass is 16.5. The summed E-state index contributed by atoms with van der Waals surface area (Å²) in [4.78, 5) is 27.5. The third-order valence-corrected chi connectivity index (χ3v) is 3.97. The normalized spacial score (nSPS) is 10.6. The van der Waals surface area contributed by atoms with Crippen molar-refractivity contribution in [2.75, 3.05) is 5.32 Å². The average Bonchev–Trinajstić information content (AvgIpc) is 2.72. The van der Waals surface area contributed by atoms with Crippen LogP contribution >= 0.6 is 0 Å². The van der Waals surface area contributed by atoms with Crippen LogP contribution in [-0.2, 0) is 11.4 Å². The molecular formula is C23H20N2O3. The number of hydrogen-bond acceptors (Lipinski definition) is 4. The molecule has 0 atom stereocenters. The maximum atomic E-state index is 12.1. The number of carbonyl (C=O) groups excluding carboxylic acids is 2. The second-order valence-electron chi connectivity index (χ2n) is 6.18. The van der Waals surface area contributed by atoms with Gasteiger partial charge in [-0.3, -0.25) is 14.6 Å². The second-order valence-corrected chi connectivity index (χ2v) is 6.18. The number of carbonyl (C=O) groups is 2. The van der Waals surface area contributed by atoms with Crippen LogP contribution in [0.1, 0.15) is 28.4 Å². The summed E-state index contributed by atoms with van der Waals surface area (Å²) in [5, 5.41) is 2.75. The van der Waals surface area contributed by atoms with Crippen LogP contribution in [0.25, 0.3) is 6.08 Å². The smallest absolute Gasteiger partial charge is 0.248 e. The minimum atomic E-state index is -0.266. The van der Waals surface area contributed by atoms with Crippen LogP contribution in [0.5, 0.6) is 5.75 Å². The standard InChI is InChI=1S/C23H20N2O3/c1-17(26)20-5-2-6-21(14-20)25-23(27)12-9-18-7-10-22(11-8-18)28-16-19-4-3-13-24-15-19/h2-15H,16H2,1H3,(H,25,27)/b12-9+. The van der Waals surface area contributed by atoms with Gasteiger partial charge in [-0.1, -0.05) is 30.3 Å². The van der Waals surface area contributed by atoms with Gasteiger partial charge >= 0.3 is 0 Å². The Kier molecular flexibility index (Phi) is 6.31. The van der Waals surface area contributed by atoms with Crippen molar-refractivity contribution < 1.29 is 14.3 Å². The summed E-state index contributed by atoms with van der Waals surface area (Å²) in [5.74, 6) is 0.432. The Balaban J connectivity index is 1.54. The van der Waals surface area contributed by atoms with Crippen LogP contribution in [0.3, 0.4) is 0 Å². The molecule has 1 N–H and O–H groups in total. The van der Waals surface area contributed by atoms with Gasteiger partial charge in [-0.05, 0) is 48.9 Å². The first-order valence-electron chi connectivity index (χ1n) is 8.82. The number of anilines is 1. The molecule has 0 saturated carbocycles. The Morgan fingerprint density at radius 1 is 1.07 bits per heavy atom. The lowest BCUT2D eigenvalue weighted by Crippen LogP contribution is -2.08. The quantitative estimate of drug-likeness (QED) is 0.489. The van der Waals surface area contributed by atoms with E-state index in [1.165, 1.54) is 13.0 Å². The fourth-order valence-corrected chi connectivity index (χ4v) is 2.50. The fraction of sp³-hybridized carbons (Fsp3) is 0.0870. The molecule has 0 spiro atoms. The van der Waals surface area contributed by atoms with E-state index < -0.39 is 0 Å². The van der Waals surface area contributed by atoms with Gasteiger partial charge in [0.25, 0.3) is 0 Å². The lowest BCUT2D eigenvalue weighted by molar-refractivity contribution is -0.111. The monoisotopic (exact) mass is 372 g/mol. The molecule has 140 valence electrons. The zero-order chi connectivity index (χ0) is 19.8. The highest BCUT2D eigenvalue weighted by Crippen LogP contribution is 2.15. The highest BCUT2D eigenvalue weighted by Gasteiger charge is 2.02. The van der Waals surface area contributed by atoms with Crippen molar-refractivity contribution in [1.29, 1.82) is 0 Å². The molecule has 1 heterocycles. The molecule has 28 heavy (non-hydrogen) atoms. The van der Waals surface area contributed by atoms with Crippen molar-refractivity contribution in [2.45, 2.75) is 13.5 Å².